The molecule has 1 aromatic rings. The van der Waals surface area contributed by atoms with Gasteiger partial charge in [-0.25, -0.2) is 0 Å². The van der Waals surface area contributed by atoms with Crippen LogP contribution in [0.25, 0.3) is 0 Å². The minimum atomic E-state index is 0. The van der Waals surface area contributed by atoms with Crippen LogP contribution in [0, 0.1) is 12.8 Å². The molecule has 0 radical (unpaired) electrons. The molecular formula is C23H37IN4O2S. The smallest absolute Gasteiger partial charge is 0.225 e. The van der Waals surface area contributed by atoms with Gasteiger partial charge in [0, 0.05) is 43.6 Å². The quantitative estimate of drug-likeness (QED) is 0.316. The maximum Gasteiger partial charge on any atom is 0.225 e. The van der Waals surface area contributed by atoms with Gasteiger partial charge in [0.2, 0.25) is 5.91 Å². The van der Waals surface area contributed by atoms with E-state index < -0.39 is 0 Å². The molecule has 1 saturated heterocycles. The van der Waals surface area contributed by atoms with Crippen molar-refractivity contribution in [1.82, 2.24) is 15.5 Å². The molecule has 8 heteroatoms. The number of nitrogens with one attached hydrogen (secondary N) is 2. The highest BCUT2D eigenvalue weighted by Gasteiger charge is 2.30. The van der Waals surface area contributed by atoms with Crippen LogP contribution in [0.5, 0.6) is 5.75 Å². The van der Waals surface area contributed by atoms with Gasteiger partial charge in [0.15, 0.2) is 5.96 Å². The summed E-state index contributed by atoms with van der Waals surface area (Å²) < 4.78 is 6.04. The normalized spacial score (nSPS) is 22.8. The Morgan fingerprint density at radius 2 is 1.90 bits per heavy atom. The molecule has 3 rings (SSSR count). The van der Waals surface area contributed by atoms with E-state index in [1.165, 1.54) is 0 Å². The second-order valence-corrected chi connectivity index (χ2v) is 9.50. The third kappa shape index (κ3) is 8.04. The van der Waals surface area contributed by atoms with Crippen LogP contribution in [0.1, 0.15) is 38.2 Å². The summed E-state index contributed by atoms with van der Waals surface area (Å²) in [5.74, 6) is 4.46. The third-order valence-corrected chi connectivity index (χ3v) is 6.88. The minimum Gasteiger partial charge on any atom is -0.489 e. The second kappa shape index (κ2) is 13.4. The van der Waals surface area contributed by atoms with Crippen molar-refractivity contribution >= 4 is 47.6 Å². The maximum atomic E-state index is 12.7. The molecule has 2 N–H and O–H groups in total. The molecule has 174 valence electrons. The van der Waals surface area contributed by atoms with Gasteiger partial charge in [-0.15, -0.1) is 24.0 Å². The summed E-state index contributed by atoms with van der Waals surface area (Å²) in [6.45, 7) is 6.63. The van der Waals surface area contributed by atoms with Crippen molar-refractivity contribution in [2.45, 2.75) is 51.7 Å². The third-order valence-electron chi connectivity index (χ3n) is 5.94. The number of aliphatic imine (C=N–C) groups is 1. The highest BCUT2D eigenvalue weighted by Crippen LogP contribution is 2.27. The van der Waals surface area contributed by atoms with E-state index in [9.17, 15) is 4.79 Å². The van der Waals surface area contributed by atoms with E-state index in [1.807, 2.05) is 30.0 Å². The Bertz CT molecular complexity index is 719. The zero-order valence-electron chi connectivity index (χ0n) is 18.9. The first-order valence-electron chi connectivity index (χ1n) is 11.1. The number of carbonyl (C=O) groups is 1. The predicted molar refractivity (Wildman–Crippen MR) is 141 cm³/mol. The lowest BCUT2D eigenvalue weighted by atomic mass is 9.85. The van der Waals surface area contributed by atoms with Crippen molar-refractivity contribution in [2.75, 3.05) is 38.2 Å². The van der Waals surface area contributed by atoms with Gasteiger partial charge in [0.1, 0.15) is 11.9 Å². The Labute approximate surface area is 208 Å². The maximum absolute atomic E-state index is 12.7. The van der Waals surface area contributed by atoms with Gasteiger partial charge >= 0.3 is 0 Å². The zero-order valence-corrected chi connectivity index (χ0v) is 22.1. The van der Waals surface area contributed by atoms with Crippen molar-refractivity contribution in [3.05, 3.63) is 29.8 Å². The molecule has 1 aliphatic carbocycles. The molecular weight excluding hydrogens is 523 g/mol. The highest BCUT2D eigenvalue weighted by atomic mass is 127. The summed E-state index contributed by atoms with van der Waals surface area (Å²) in [4.78, 5) is 19.2. The fraction of sp³-hybridized carbons (Fsp3) is 0.652. The molecule has 1 amide bonds. The number of benzene rings is 1. The number of hydrogen-bond donors (Lipinski definition) is 2. The monoisotopic (exact) mass is 560 g/mol. The molecule has 2 fully saturated rings. The Hall–Kier alpha value is -1.16. The van der Waals surface area contributed by atoms with Gasteiger partial charge in [-0.05, 0) is 51.2 Å². The van der Waals surface area contributed by atoms with Crippen LogP contribution in [-0.2, 0) is 4.79 Å². The number of ether oxygens (including phenoxy) is 1. The molecule has 1 unspecified atom stereocenters. The first kappa shape index (κ1) is 26.1. The number of carbonyl (C=O) groups excluding carboxylic acids is 1. The number of rotatable bonds is 6. The number of aryl methyl sites for hydroxylation is 1. The van der Waals surface area contributed by atoms with Crippen LogP contribution in [0.15, 0.2) is 29.3 Å². The number of halogens is 1. The van der Waals surface area contributed by atoms with E-state index in [-0.39, 0.29) is 36.0 Å². The Kier molecular flexibility index (Phi) is 11.3. The van der Waals surface area contributed by atoms with Crippen LogP contribution in [0.4, 0.5) is 0 Å². The van der Waals surface area contributed by atoms with Crippen molar-refractivity contribution in [3.63, 3.8) is 0 Å². The summed E-state index contributed by atoms with van der Waals surface area (Å²) in [6, 6.07) is 8.44. The molecule has 6 nitrogen and oxygen atoms in total. The van der Waals surface area contributed by atoms with Crippen molar-refractivity contribution in [2.24, 2.45) is 10.9 Å². The van der Waals surface area contributed by atoms with Gasteiger partial charge in [0.05, 0.1) is 6.54 Å². The average Bonchev–Trinajstić information content (AvgIpc) is 2.78. The second-order valence-electron chi connectivity index (χ2n) is 8.28. The van der Waals surface area contributed by atoms with E-state index in [1.54, 1.807) is 7.05 Å². The van der Waals surface area contributed by atoms with Gasteiger partial charge in [-0.2, -0.15) is 11.8 Å². The summed E-state index contributed by atoms with van der Waals surface area (Å²) in [6.07, 6.45) is 3.97. The van der Waals surface area contributed by atoms with Gasteiger partial charge in [-0.3, -0.25) is 9.79 Å². The molecule has 31 heavy (non-hydrogen) atoms. The van der Waals surface area contributed by atoms with Crippen LogP contribution in [0.3, 0.4) is 0 Å². The topological polar surface area (TPSA) is 66.0 Å². The molecule has 1 aromatic carbocycles. The number of hydrogen-bond acceptors (Lipinski definition) is 4. The lowest BCUT2D eigenvalue weighted by Gasteiger charge is -2.34. The largest absolute Gasteiger partial charge is 0.489 e. The van der Waals surface area contributed by atoms with Gasteiger partial charge < -0.3 is 20.3 Å². The van der Waals surface area contributed by atoms with Crippen molar-refractivity contribution in [1.29, 1.82) is 0 Å². The SMILES string of the molecule is CN=C(NCC(C)Oc1ccccc1C)NC1CCC(C(=O)N2CCSCC2)CC1.I. The van der Waals surface area contributed by atoms with E-state index in [0.717, 1.165) is 67.6 Å². The summed E-state index contributed by atoms with van der Waals surface area (Å²) in [5.41, 5.74) is 1.14. The fourth-order valence-electron chi connectivity index (χ4n) is 4.10. The first-order valence-corrected chi connectivity index (χ1v) is 12.3. The summed E-state index contributed by atoms with van der Waals surface area (Å²) in [5, 5.41) is 6.91. The Morgan fingerprint density at radius 3 is 2.55 bits per heavy atom. The standard InChI is InChI=1S/C23H36N4O2S.HI/c1-17-6-4-5-7-21(17)29-18(2)16-25-23(24-3)26-20-10-8-19(9-11-20)22(28)27-12-14-30-15-13-27;/h4-7,18-20H,8-16H2,1-3H3,(H2,24,25,26);1H. The van der Waals surface area contributed by atoms with Gasteiger partial charge in [-0.1, -0.05) is 18.2 Å². The Morgan fingerprint density at radius 1 is 1.23 bits per heavy atom. The first-order chi connectivity index (χ1) is 14.6. The van der Waals surface area contributed by atoms with E-state index >= 15 is 0 Å². The van der Waals surface area contributed by atoms with Crippen LogP contribution < -0.4 is 15.4 Å². The van der Waals surface area contributed by atoms with Crippen LogP contribution in [0.2, 0.25) is 0 Å². The average molecular weight is 561 g/mol. The molecule has 1 heterocycles. The van der Waals surface area contributed by atoms with E-state index in [2.05, 4.69) is 40.4 Å². The molecule has 0 aromatic heterocycles. The molecule has 1 saturated carbocycles. The Balaban J connectivity index is 0.00000341. The van der Waals surface area contributed by atoms with Crippen LogP contribution >= 0.6 is 35.7 Å². The van der Waals surface area contributed by atoms with Crippen molar-refractivity contribution < 1.29 is 9.53 Å². The van der Waals surface area contributed by atoms with E-state index in [4.69, 9.17) is 4.74 Å². The predicted octanol–water partition coefficient (Wildman–Crippen LogP) is 3.68. The highest BCUT2D eigenvalue weighted by molar-refractivity contribution is 14.0. The molecule has 1 aliphatic heterocycles. The molecule has 2 aliphatic rings. The fourth-order valence-corrected chi connectivity index (χ4v) is 5.01. The van der Waals surface area contributed by atoms with Crippen molar-refractivity contribution in [3.8, 4) is 5.75 Å². The number of nitrogens with zero attached hydrogens (tertiary/aromatic N) is 2. The lowest BCUT2D eigenvalue weighted by Crippen LogP contribution is -2.48. The number of thioether (sulfide) groups is 1. The number of amides is 1. The summed E-state index contributed by atoms with van der Waals surface area (Å²) in [7, 11) is 1.80. The molecule has 0 spiro atoms. The zero-order chi connectivity index (χ0) is 21.3. The minimum absolute atomic E-state index is 0. The van der Waals surface area contributed by atoms with Crippen LogP contribution in [-0.4, -0.2) is 67.1 Å². The van der Waals surface area contributed by atoms with E-state index in [0.29, 0.717) is 18.5 Å². The molecule has 0 bridgehead atoms. The number of guanidine groups is 1. The molecule has 1 atom stereocenters. The lowest BCUT2D eigenvalue weighted by molar-refractivity contribution is -0.136. The summed E-state index contributed by atoms with van der Waals surface area (Å²) >= 11 is 1.95. The van der Waals surface area contributed by atoms with Gasteiger partial charge in [0.25, 0.3) is 0 Å². The number of para-hydroxylation sites is 1.